The van der Waals surface area contributed by atoms with Crippen LogP contribution in [0.5, 0.6) is 5.75 Å². The first-order valence-electron chi connectivity index (χ1n) is 13.6. The van der Waals surface area contributed by atoms with Gasteiger partial charge in [-0.05, 0) is 92.8 Å². The summed E-state index contributed by atoms with van der Waals surface area (Å²) in [5, 5.41) is 2.75. The number of ether oxygens (including phenoxy) is 1. The highest BCUT2D eigenvalue weighted by Crippen LogP contribution is 2.32. The second-order valence-electron chi connectivity index (χ2n) is 10.2. The average Bonchev–Trinajstić information content (AvgIpc) is 3.54. The van der Waals surface area contributed by atoms with Crippen LogP contribution in [0.4, 0.5) is 17.1 Å². The van der Waals surface area contributed by atoms with E-state index in [-0.39, 0.29) is 21.0 Å². The zero-order valence-electron chi connectivity index (χ0n) is 22.9. The first-order chi connectivity index (χ1) is 19.7. The summed E-state index contributed by atoms with van der Waals surface area (Å²) < 4.78 is 62.5. The molecule has 0 aromatic heterocycles. The van der Waals surface area contributed by atoms with Crippen molar-refractivity contribution in [2.45, 2.75) is 41.9 Å². The number of amides is 1. The summed E-state index contributed by atoms with van der Waals surface area (Å²) in [4.78, 5) is 15.3. The normalized spacial score (nSPS) is 16.4. The third kappa shape index (κ3) is 6.50. The van der Waals surface area contributed by atoms with E-state index in [1.54, 1.807) is 36.4 Å². The Morgan fingerprint density at radius 3 is 2.12 bits per heavy atom. The van der Waals surface area contributed by atoms with Crippen LogP contribution in [0, 0.1) is 0 Å². The predicted molar refractivity (Wildman–Crippen MR) is 159 cm³/mol. The second kappa shape index (κ2) is 12.1. The molecule has 41 heavy (non-hydrogen) atoms. The molecular weight excluding hydrogens is 564 g/mol. The quantitative estimate of drug-likeness (QED) is 0.371. The molecular formula is C29H34N4O6S2. The number of methoxy groups -OCH3 is 1. The Balaban J connectivity index is 1.43. The summed E-state index contributed by atoms with van der Waals surface area (Å²) in [6.45, 7) is 2.39. The predicted octanol–water partition coefficient (Wildman–Crippen LogP) is 4.52. The number of sulfonamides is 2. The summed E-state index contributed by atoms with van der Waals surface area (Å²) in [6, 6.07) is 17.3. The van der Waals surface area contributed by atoms with Crippen molar-refractivity contribution in [3.63, 3.8) is 0 Å². The molecule has 2 aliphatic heterocycles. The number of carbonyl (C=O) groups excluding carboxylic acids is 1. The van der Waals surface area contributed by atoms with E-state index in [1.165, 1.54) is 41.7 Å². The van der Waals surface area contributed by atoms with Crippen LogP contribution in [0.25, 0.3) is 0 Å². The van der Waals surface area contributed by atoms with Crippen LogP contribution in [0.2, 0.25) is 0 Å². The Labute approximate surface area is 241 Å². The van der Waals surface area contributed by atoms with E-state index in [1.807, 2.05) is 4.90 Å². The van der Waals surface area contributed by atoms with Crippen molar-refractivity contribution in [3.8, 4) is 5.75 Å². The molecule has 218 valence electrons. The molecule has 0 saturated carbocycles. The van der Waals surface area contributed by atoms with Crippen LogP contribution < -0.4 is 19.7 Å². The van der Waals surface area contributed by atoms with Gasteiger partial charge in [-0.1, -0.05) is 6.07 Å². The zero-order valence-corrected chi connectivity index (χ0v) is 24.5. The number of hydrogen-bond acceptors (Lipinski definition) is 7. The van der Waals surface area contributed by atoms with Gasteiger partial charge < -0.3 is 15.0 Å². The van der Waals surface area contributed by atoms with E-state index in [0.717, 1.165) is 45.2 Å². The van der Waals surface area contributed by atoms with Crippen molar-refractivity contribution in [2.24, 2.45) is 0 Å². The van der Waals surface area contributed by atoms with Crippen LogP contribution in [-0.4, -0.2) is 60.3 Å². The van der Waals surface area contributed by atoms with Crippen molar-refractivity contribution >= 4 is 43.0 Å². The molecule has 3 aromatic carbocycles. The molecule has 0 atom stereocenters. The highest BCUT2D eigenvalue weighted by molar-refractivity contribution is 7.93. The van der Waals surface area contributed by atoms with E-state index < -0.39 is 26.0 Å². The van der Waals surface area contributed by atoms with Crippen molar-refractivity contribution < 1.29 is 26.4 Å². The molecule has 0 bridgehead atoms. The lowest BCUT2D eigenvalue weighted by Crippen LogP contribution is -2.31. The Morgan fingerprint density at radius 2 is 1.44 bits per heavy atom. The molecule has 10 nitrogen and oxygen atoms in total. The maximum atomic E-state index is 13.7. The summed E-state index contributed by atoms with van der Waals surface area (Å²) in [5.41, 5.74) is 1.37. The van der Waals surface area contributed by atoms with Gasteiger partial charge in [0.15, 0.2) is 0 Å². The third-order valence-corrected chi connectivity index (χ3v) is 10.7. The Kier molecular flexibility index (Phi) is 8.52. The van der Waals surface area contributed by atoms with E-state index in [4.69, 9.17) is 4.74 Å². The fraction of sp³-hybridized carbons (Fsp3) is 0.345. The van der Waals surface area contributed by atoms with Crippen LogP contribution in [-0.2, 0) is 20.0 Å². The van der Waals surface area contributed by atoms with E-state index in [2.05, 4.69) is 10.0 Å². The molecule has 2 N–H and O–H groups in total. The summed E-state index contributed by atoms with van der Waals surface area (Å²) in [5.74, 6) is 0.0598. The highest BCUT2D eigenvalue weighted by atomic mass is 32.2. The Bertz CT molecular complexity index is 1610. The molecule has 5 rings (SSSR count). The van der Waals surface area contributed by atoms with Crippen molar-refractivity contribution in [2.75, 3.05) is 48.2 Å². The SMILES string of the molecule is COc1ccc(NS(=O)(=O)c2cc(NC(=O)c3cccc(S(=O)(=O)N4CCCC4)c3)ccc2N2CCCCC2)cc1. The first kappa shape index (κ1) is 28.9. The van der Waals surface area contributed by atoms with E-state index >= 15 is 0 Å². The number of rotatable bonds is 9. The van der Waals surface area contributed by atoms with Gasteiger partial charge in [-0.15, -0.1) is 0 Å². The first-order valence-corrected chi connectivity index (χ1v) is 16.6. The topological polar surface area (TPSA) is 125 Å². The fourth-order valence-corrected chi connectivity index (χ4v) is 8.03. The number of nitrogens with one attached hydrogen (secondary N) is 2. The number of nitrogens with zero attached hydrogens (tertiary/aromatic N) is 2. The van der Waals surface area contributed by atoms with Crippen LogP contribution >= 0.6 is 0 Å². The zero-order chi connectivity index (χ0) is 29.0. The molecule has 0 spiro atoms. The van der Waals surface area contributed by atoms with Crippen molar-refractivity contribution in [1.82, 2.24) is 4.31 Å². The number of piperidine rings is 1. The molecule has 2 saturated heterocycles. The van der Waals surface area contributed by atoms with Gasteiger partial charge in [0, 0.05) is 43.1 Å². The summed E-state index contributed by atoms with van der Waals surface area (Å²) in [6.07, 6.45) is 4.63. The fourth-order valence-electron chi connectivity index (χ4n) is 5.15. The minimum atomic E-state index is -4.04. The van der Waals surface area contributed by atoms with Gasteiger partial charge in [0.25, 0.3) is 15.9 Å². The minimum Gasteiger partial charge on any atom is -0.497 e. The molecule has 2 aliphatic rings. The molecule has 3 aromatic rings. The lowest BCUT2D eigenvalue weighted by atomic mass is 10.1. The van der Waals surface area contributed by atoms with E-state index in [0.29, 0.717) is 30.2 Å². The van der Waals surface area contributed by atoms with Crippen molar-refractivity contribution in [3.05, 3.63) is 72.3 Å². The second-order valence-corrected chi connectivity index (χ2v) is 13.7. The van der Waals surface area contributed by atoms with Gasteiger partial charge in [0.05, 0.1) is 17.7 Å². The lowest BCUT2D eigenvalue weighted by Gasteiger charge is -2.30. The molecule has 2 fully saturated rings. The standard InChI is InChI=1S/C29H34N4O6S2/c1-39-25-13-10-23(11-14-25)31-40(35,36)28-21-24(12-15-27(28)32-16-3-2-4-17-32)30-29(34)22-8-7-9-26(20-22)41(37,38)33-18-5-6-19-33/h7-15,20-21,31H,2-6,16-19H2,1H3,(H,30,34). The maximum Gasteiger partial charge on any atom is 0.264 e. The summed E-state index contributed by atoms with van der Waals surface area (Å²) >= 11 is 0. The molecule has 0 unspecified atom stereocenters. The van der Waals surface area contributed by atoms with Gasteiger partial charge in [0.1, 0.15) is 10.6 Å². The maximum absolute atomic E-state index is 13.7. The monoisotopic (exact) mass is 598 g/mol. The Hall–Kier alpha value is -3.61. The molecule has 2 heterocycles. The van der Waals surface area contributed by atoms with E-state index in [9.17, 15) is 21.6 Å². The number of hydrogen-bond donors (Lipinski definition) is 2. The average molecular weight is 599 g/mol. The van der Waals surface area contributed by atoms with Gasteiger partial charge >= 0.3 is 0 Å². The smallest absolute Gasteiger partial charge is 0.264 e. The molecule has 0 aliphatic carbocycles. The third-order valence-electron chi connectivity index (χ3n) is 7.35. The number of carbonyl (C=O) groups is 1. The molecule has 0 radical (unpaired) electrons. The molecule has 12 heteroatoms. The highest BCUT2D eigenvalue weighted by Gasteiger charge is 2.28. The van der Waals surface area contributed by atoms with Crippen LogP contribution in [0.3, 0.4) is 0 Å². The van der Waals surface area contributed by atoms with Crippen LogP contribution in [0.15, 0.2) is 76.5 Å². The number of benzene rings is 3. The van der Waals surface area contributed by atoms with Crippen molar-refractivity contribution in [1.29, 1.82) is 0 Å². The van der Waals surface area contributed by atoms with Crippen LogP contribution in [0.1, 0.15) is 42.5 Å². The van der Waals surface area contributed by atoms with Gasteiger partial charge in [-0.25, -0.2) is 16.8 Å². The number of anilines is 3. The Morgan fingerprint density at radius 1 is 0.780 bits per heavy atom. The molecule has 1 amide bonds. The van der Waals surface area contributed by atoms with Gasteiger partial charge in [-0.3, -0.25) is 9.52 Å². The largest absolute Gasteiger partial charge is 0.497 e. The lowest BCUT2D eigenvalue weighted by molar-refractivity contribution is 0.102. The van der Waals surface area contributed by atoms with Gasteiger partial charge in [0.2, 0.25) is 10.0 Å². The summed E-state index contributed by atoms with van der Waals surface area (Å²) in [7, 11) is -6.20. The minimum absolute atomic E-state index is 0.0402. The van der Waals surface area contributed by atoms with Gasteiger partial charge in [-0.2, -0.15) is 4.31 Å².